The number of aliphatic hydroxyl groups excluding tert-OH is 2. The second-order valence-corrected chi connectivity index (χ2v) is 9.91. The highest BCUT2D eigenvalue weighted by atomic mass is 79.9. The Labute approximate surface area is 199 Å². The molecule has 2 heterocycles. The van der Waals surface area contributed by atoms with Crippen LogP contribution in [-0.4, -0.2) is 63.8 Å². The third kappa shape index (κ3) is 4.92. The first-order valence-corrected chi connectivity index (χ1v) is 12.4. The Morgan fingerprint density at radius 2 is 1.67 bits per heavy atom. The first-order valence-electron chi connectivity index (χ1n) is 10.1. The molecule has 9 nitrogen and oxygen atoms in total. The first-order chi connectivity index (χ1) is 15.9. The molecule has 0 saturated heterocycles. The summed E-state index contributed by atoms with van der Waals surface area (Å²) >= 11 is 3.48. The molecule has 3 N–H and O–H groups in total. The van der Waals surface area contributed by atoms with E-state index in [1.165, 1.54) is 12.1 Å². The summed E-state index contributed by atoms with van der Waals surface area (Å²) < 4.78 is 29.1. The van der Waals surface area contributed by atoms with Gasteiger partial charge in [0, 0.05) is 30.4 Å². The summed E-state index contributed by atoms with van der Waals surface area (Å²) in [5, 5.41) is 26.0. The number of hydrogen-bond acceptors (Lipinski definition) is 7. The Hall–Kier alpha value is -2.83. The lowest BCUT2D eigenvalue weighted by atomic mass is 10.1. The molecule has 0 fully saturated rings. The Morgan fingerprint density at radius 1 is 1.00 bits per heavy atom. The van der Waals surface area contributed by atoms with E-state index < -0.39 is 10.0 Å². The third-order valence-corrected chi connectivity index (χ3v) is 7.43. The summed E-state index contributed by atoms with van der Waals surface area (Å²) in [6.45, 7) is -0.844. The number of halogens is 1. The fourth-order valence-electron chi connectivity index (χ4n) is 3.36. The van der Waals surface area contributed by atoms with Crippen LogP contribution < -0.4 is 5.32 Å². The maximum Gasteiger partial charge on any atom is 0.243 e. The van der Waals surface area contributed by atoms with Gasteiger partial charge in [-0.1, -0.05) is 30.3 Å². The Balaban J connectivity index is 1.66. The average Bonchev–Trinajstić information content (AvgIpc) is 3.21. The normalized spacial score (nSPS) is 11.9. The van der Waals surface area contributed by atoms with Gasteiger partial charge >= 0.3 is 0 Å². The molecule has 11 heteroatoms. The van der Waals surface area contributed by atoms with Gasteiger partial charge in [-0.3, -0.25) is 0 Å². The monoisotopic (exact) mass is 531 g/mol. The van der Waals surface area contributed by atoms with Crippen molar-refractivity contribution in [2.45, 2.75) is 4.90 Å². The van der Waals surface area contributed by atoms with Crippen molar-refractivity contribution in [1.82, 2.24) is 18.9 Å². The summed E-state index contributed by atoms with van der Waals surface area (Å²) in [4.78, 5) is 4.77. The van der Waals surface area contributed by atoms with Gasteiger partial charge in [-0.2, -0.15) is 13.9 Å². The molecule has 0 radical (unpaired) electrons. The molecule has 0 aliphatic heterocycles. The first kappa shape index (κ1) is 23.3. The van der Waals surface area contributed by atoms with E-state index in [0.29, 0.717) is 17.2 Å². The zero-order chi connectivity index (χ0) is 23.4. The molecule has 0 spiro atoms. The van der Waals surface area contributed by atoms with Crippen molar-refractivity contribution >= 4 is 43.1 Å². The number of sulfonamides is 1. The zero-order valence-electron chi connectivity index (χ0n) is 17.5. The van der Waals surface area contributed by atoms with Gasteiger partial charge in [-0.15, -0.1) is 0 Å². The van der Waals surface area contributed by atoms with E-state index in [0.717, 1.165) is 20.0 Å². The quantitative estimate of drug-likeness (QED) is 0.303. The van der Waals surface area contributed by atoms with Crippen LogP contribution in [0.3, 0.4) is 0 Å². The predicted octanol–water partition coefficient (Wildman–Crippen LogP) is 2.88. The number of nitrogens with one attached hydrogen (secondary N) is 1. The van der Waals surface area contributed by atoms with Crippen LogP contribution in [0.1, 0.15) is 0 Å². The van der Waals surface area contributed by atoms with E-state index in [4.69, 9.17) is 15.2 Å². The summed E-state index contributed by atoms with van der Waals surface area (Å²) in [5.41, 5.74) is 3.00. The predicted molar refractivity (Wildman–Crippen MR) is 129 cm³/mol. The van der Waals surface area contributed by atoms with Crippen molar-refractivity contribution in [3.8, 4) is 11.3 Å². The summed E-state index contributed by atoms with van der Waals surface area (Å²) in [6, 6.07) is 17.9. The molecular weight excluding hydrogens is 510 g/mol. The van der Waals surface area contributed by atoms with E-state index in [-0.39, 0.29) is 31.2 Å². The number of fused-ring (bicyclic) bond motifs is 1. The van der Waals surface area contributed by atoms with Crippen LogP contribution in [0, 0.1) is 0 Å². The number of rotatable bonds is 9. The highest BCUT2D eigenvalue weighted by molar-refractivity contribution is 9.10. The van der Waals surface area contributed by atoms with Crippen LogP contribution in [0.2, 0.25) is 0 Å². The molecule has 2 aromatic carbocycles. The van der Waals surface area contributed by atoms with Crippen LogP contribution in [-0.2, 0) is 10.0 Å². The molecular formula is C22H22BrN5O4S. The molecule has 4 rings (SSSR count). The second-order valence-electron chi connectivity index (χ2n) is 7.12. The maximum atomic E-state index is 12.8. The molecule has 0 amide bonds. The molecule has 0 saturated carbocycles. The van der Waals surface area contributed by atoms with Crippen LogP contribution in [0.15, 0.2) is 76.2 Å². The van der Waals surface area contributed by atoms with E-state index in [1.807, 2.05) is 36.4 Å². The van der Waals surface area contributed by atoms with Crippen LogP contribution >= 0.6 is 15.9 Å². The molecule has 0 bridgehead atoms. The van der Waals surface area contributed by atoms with Gasteiger partial charge in [0.25, 0.3) is 0 Å². The molecule has 2 aromatic heterocycles. The fourth-order valence-corrected chi connectivity index (χ4v) is 5.13. The third-order valence-electron chi connectivity index (χ3n) is 4.96. The van der Waals surface area contributed by atoms with Crippen LogP contribution in [0.4, 0.5) is 11.5 Å². The highest BCUT2D eigenvalue weighted by Gasteiger charge is 2.23. The number of benzene rings is 2. The topological polar surface area (TPSA) is 120 Å². The molecule has 172 valence electrons. The van der Waals surface area contributed by atoms with Crippen molar-refractivity contribution in [2.75, 3.05) is 31.6 Å². The highest BCUT2D eigenvalue weighted by Crippen LogP contribution is 2.28. The maximum absolute atomic E-state index is 12.8. The van der Waals surface area contributed by atoms with Crippen LogP contribution in [0.5, 0.6) is 0 Å². The van der Waals surface area contributed by atoms with Crippen molar-refractivity contribution in [3.05, 3.63) is 71.3 Å². The lowest BCUT2D eigenvalue weighted by Gasteiger charge is -2.20. The lowest BCUT2D eigenvalue weighted by molar-refractivity contribution is 0.217. The van der Waals surface area contributed by atoms with Gasteiger partial charge in [0.05, 0.1) is 34.5 Å². The van der Waals surface area contributed by atoms with Crippen molar-refractivity contribution in [2.24, 2.45) is 0 Å². The standard InChI is InChI=1S/C22H22BrN5O4S/c23-19-15-24-28-21(14-20(26-22(19)28)16-4-2-1-3-5-16)25-17-6-8-18(9-7-17)33(31,32)27(10-12-29)11-13-30/h1-9,14-15,25,29-30H,10-13H2. The van der Waals surface area contributed by atoms with E-state index in [1.54, 1.807) is 22.8 Å². The largest absolute Gasteiger partial charge is 0.395 e. The number of aromatic nitrogens is 3. The SMILES string of the molecule is O=S(=O)(c1ccc(Nc2cc(-c3ccccc3)nc3c(Br)cnn23)cc1)N(CCO)CCO. The second kappa shape index (κ2) is 9.98. The van der Waals surface area contributed by atoms with Crippen LogP contribution in [0.25, 0.3) is 16.9 Å². The molecule has 0 atom stereocenters. The zero-order valence-corrected chi connectivity index (χ0v) is 19.9. The minimum Gasteiger partial charge on any atom is -0.395 e. The molecule has 0 unspecified atom stereocenters. The fraction of sp³-hybridized carbons (Fsp3) is 0.182. The Bertz CT molecular complexity index is 1340. The number of aliphatic hydroxyl groups is 2. The minimum absolute atomic E-state index is 0.0710. The molecule has 4 aromatic rings. The average molecular weight is 532 g/mol. The number of anilines is 2. The Kier molecular flexibility index (Phi) is 7.05. The van der Waals surface area contributed by atoms with Gasteiger partial charge in [0.1, 0.15) is 5.82 Å². The van der Waals surface area contributed by atoms with Gasteiger partial charge in [-0.25, -0.2) is 13.4 Å². The minimum atomic E-state index is -3.84. The smallest absolute Gasteiger partial charge is 0.243 e. The Morgan fingerprint density at radius 3 is 2.30 bits per heavy atom. The van der Waals surface area contributed by atoms with E-state index in [2.05, 4.69) is 26.3 Å². The molecule has 0 aliphatic carbocycles. The number of hydrogen-bond donors (Lipinski definition) is 3. The molecule has 33 heavy (non-hydrogen) atoms. The van der Waals surface area contributed by atoms with Gasteiger partial charge in [0.15, 0.2) is 5.65 Å². The lowest BCUT2D eigenvalue weighted by Crippen LogP contribution is -2.35. The number of nitrogens with zero attached hydrogens (tertiary/aromatic N) is 4. The summed E-state index contributed by atoms with van der Waals surface area (Å²) in [5.74, 6) is 0.655. The molecule has 0 aliphatic rings. The van der Waals surface area contributed by atoms with E-state index in [9.17, 15) is 8.42 Å². The van der Waals surface area contributed by atoms with Crippen molar-refractivity contribution < 1.29 is 18.6 Å². The van der Waals surface area contributed by atoms with Crippen molar-refractivity contribution in [1.29, 1.82) is 0 Å². The van der Waals surface area contributed by atoms with Gasteiger partial charge in [0.2, 0.25) is 10.0 Å². The van der Waals surface area contributed by atoms with Crippen molar-refractivity contribution in [3.63, 3.8) is 0 Å². The summed E-state index contributed by atoms with van der Waals surface area (Å²) in [6.07, 6.45) is 1.66. The summed E-state index contributed by atoms with van der Waals surface area (Å²) in [7, 11) is -3.84. The van der Waals surface area contributed by atoms with Gasteiger partial charge < -0.3 is 15.5 Å². The van der Waals surface area contributed by atoms with E-state index >= 15 is 0 Å². The van der Waals surface area contributed by atoms with Gasteiger partial charge in [-0.05, 0) is 40.2 Å².